The molecular weight excluding hydrogens is 558 g/mol. The third kappa shape index (κ3) is 8.48. The summed E-state index contributed by atoms with van der Waals surface area (Å²) in [5, 5.41) is 3.31. The Morgan fingerprint density at radius 1 is 0.909 bits per heavy atom. The van der Waals surface area contributed by atoms with Crippen molar-refractivity contribution < 1.29 is 33.3 Å². The Hall–Kier alpha value is -3.23. The average Bonchev–Trinajstić information content (AvgIpc) is 3.72. The van der Waals surface area contributed by atoms with Crippen LogP contribution < -0.4 is 10.1 Å². The summed E-state index contributed by atoms with van der Waals surface area (Å²) in [7, 11) is 1.61. The number of nitrogens with one attached hydrogen (secondary N) is 1. The second kappa shape index (κ2) is 15.7. The van der Waals surface area contributed by atoms with Crippen molar-refractivity contribution >= 4 is 17.8 Å². The molecule has 8 heteroatoms. The first-order chi connectivity index (χ1) is 21.5. The molecule has 1 unspecified atom stereocenters. The van der Waals surface area contributed by atoms with Gasteiger partial charge in [0.05, 0.1) is 37.1 Å². The smallest absolute Gasteiger partial charge is 0.314 e. The van der Waals surface area contributed by atoms with Crippen LogP contribution in [0.5, 0.6) is 5.75 Å². The van der Waals surface area contributed by atoms with E-state index in [-0.39, 0.29) is 43.0 Å². The van der Waals surface area contributed by atoms with Crippen molar-refractivity contribution in [2.45, 2.75) is 89.7 Å². The van der Waals surface area contributed by atoms with Crippen molar-refractivity contribution in [2.75, 3.05) is 26.9 Å². The fraction of sp³-hybridized carbons (Fsp3) is 0.583. The lowest BCUT2D eigenvalue weighted by Gasteiger charge is -2.35. The number of aryl methyl sites for hydroxylation is 2. The summed E-state index contributed by atoms with van der Waals surface area (Å²) in [5.74, 6) is -0.582. The van der Waals surface area contributed by atoms with E-state index in [0.717, 1.165) is 63.4 Å². The van der Waals surface area contributed by atoms with Gasteiger partial charge in [-0.15, -0.1) is 0 Å². The van der Waals surface area contributed by atoms with Crippen LogP contribution in [-0.4, -0.2) is 50.8 Å². The van der Waals surface area contributed by atoms with Crippen molar-refractivity contribution in [3.63, 3.8) is 0 Å². The molecule has 2 aromatic carbocycles. The highest BCUT2D eigenvalue weighted by Gasteiger charge is 2.45. The lowest BCUT2D eigenvalue weighted by molar-refractivity contribution is -0.154. The molecule has 44 heavy (non-hydrogen) atoms. The highest BCUT2D eigenvalue weighted by Crippen LogP contribution is 2.44. The topological polar surface area (TPSA) is 100 Å². The molecule has 3 aliphatic rings. The maximum Gasteiger partial charge on any atom is 0.314 e. The zero-order valence-corrected chi connectivity index (χ0v) is 26.0. The van der Waals surface area contributed by atoms with Crippen molar-refractivity contribution in [3.05, 3.63) is 65.2 Å². The van der Waals surface area contributed by atoms with Crippen LogP contribution in [0.3, 0.4) is 0 Å². The Balaban J connectivity index is 1.15. The van der Waals surface area contributed by atoms with E-state index in [1.165, 1.54) is 11.1 Å². The molecule has 8 nitrogen and oxygen atoms in total. The molecule has 2 saturated carbocycles. The minimum Gasteiger partial charge on any atom is -0.461 e. The number of carbonyl (C=O) groups excluding carboxylic acids is 3. The molecule has 1 N–H and O–H groups in total. The van der Waals surface area contributed by atoms with Gasteiger partial charge in [-0.25, -0.2) is 0 Å². The fourth-order valence-corrected chi connectivity index (χ4v) is 7.10. The molecule has 2 fully saturated rings. The van der Waals surface area contributed by atoms with E-state index >= 15 is 0 Å². The standard InChI is InChI=1S/C36H47NO7/c1-41-20-21-42-25-30(33(38)43-24-26-8-3-2-4-9-26)23-36(18-5-6-19-36)35(40)37-31-15-12-28(13-16-31)34(39)44-32-17-14-27-10-7-11-29(27)22-32/h2-4,8-9,14,17,22,28,30-31H,5-7,10-13,15-16,18-21,23-25H2,1H3,(H,37,40)/t28-,30?,31+. The summed E-state index contributed by atoms with van der Waals surface area (Å²) in [6.07, 6.45) is 9.90. The second-order valence-corrected chi connectivity index (χ2v) is 12.8. The maximum atomic E-state index is 13.9. The van der Waals surface area contributed by atoms with E-state index in [1.54, 1.807) is 7.11 Å². The molecule has 0 saturated heterocycles. The van der Waals surface area contributed by atoms with Crippen molar-refractivity contribution in [2.24, 2.45) is 17.3 Å². The van der Waals surface area contributed by atoms with Gasteiger partial charge < -0.3 is 24.3 Å². The van der Waals surface area contributed by atoms with Crippen LogP contribution >= 0.6 is 0 Å². The fourth-order valence-electron chi connectivity index (χ4n) is 7.10. The van der Waals surface area contributed by atoms with Gasteiger partial charge in [0.1, 0.15) is 12.4 Å². The third-order valence-corrected chi connectivity index (χ3v) is 9.67. The molecule has 3 aliphatic carbocycles. The van der Waals surface area contributed by atoms with Gasteiger partial charge in [0, 0.05) is 13.2 Å². The van der Waals surface area contributed by atoms with Gasteiger partial charge in [0.2, 0.25) is 5.91 Å². The summed E-state index contributed by atoms with van der Waals surface area (Å²) >= 11 is 0. The van der Waals surface area contributed by atoms with Crippen molar-refractivity contribution in [1.82, 2.24) is 5.32 Å². The normalized spacial score (nSPS) is 21.3. The maximum absolute atomic E-state index is 13.9. The number of amides is 1. The number of ether oxygens (including phenoxy) is 4. The van der Waals surface area contributed by atoms with E-state index < -0.39 is 11.3 Å². The van der Waals surface area contributed by atoms with E-state index in [4.69, 9.17) is 18.9 Å². The number of benzene rings is 2. The number of hydrogen-bond donors (Lipinski definition) is 1. The van der Waals surface area contributed by atoms with Crippen LogP contribution in [0.2, 0.25) is 0 Å². The molecule has 238 valence electrons. The van der Waals surface area contributed by atoms with Crippen LogP contribution in [-0.2, 0) is 48.0 Å². The summed E-state index contributed by atoms with van der Waals surface area (Å²) < 4.78 is 22.4. The lowest BCUT2D eigenvalue weighted by atomic mass is 9.76. The summed E-state index contributed by atoms with van der Waals surface area (Å²) in [4.78, 5) is 40.1. The molecule has 0 heterocycles. The highest BCUT2D eigenvalue weighted by molar-refractivity contribution is 5.84. The van der Waals surface area contributed by atoms with Crippen LogP contribution in [0.4, 0.5) is 0 Å². The number of carbonyl (C=O) groups is 3. The number of rotatable bonds is 14. The number of esters is 2. The van der Waals surface area contributed by atoms with E-state index in [1.807, 2.05) is 42.5 Å². The monoisotopic (exact) mass is 605 g/mol. The minimum absolute atomic E-state index is 0.00505. The zero-order valence-electron chi connectivity index (χ0n) is 26.0. The van der Waals surface area contributed by atoms with Gasteiger partial charge in [-0.05, 0) is 93.0 Å². The Labute approximate surface area is 261 Å². The molecule has 0 spiro atoms. The van der Waals surface area contributed by atoms with Crippen molar-refractivity contribution in [1.29, 1.82) is 0 Å². The Morgan fingerprint density at radius 2 is 1.66 bits per heavy atom. The minimum atomic E-state index is -0.635. The van der Waals surface area contributed by atoms with Gasteiger partial charge >= 0.3 is 11.9 Å². The Bertz CT molecular complexity index is 1250. The molecule has 0 bridgehead atoms. The molecule has 1 amide bonds. The molecule has 1 atom stereocenters. The second-order valence-electron chi connectivity index (χ2n) is 12.8. The van der Waals surface area contributed by atoms with Crippen LogP contribution in [0.1, 0.15) is 80.9 Å². The van der Waals surface area contributed by atoms with Crippen LogP contribution in [0.25, 0.3) is 0 Å². The van der Waals surface area contributed by atoms with Crippen LogP contribution in [0, 0.1) is 17.3 Å². The predicted octanol–water partition coefficient (Wildman–Crippen LogP) is 5.73. The predicted molar refractivity (Wildman–Crippen MR) is 166 cm³/mol. The molecular formula is C36H47NO7. The quantitative estimate of drug-likeness (QED) is 0.167. The average molecular weight is 606 g/mol. The number of hydrogen-bond acceptors (Lipinski definition) is 7. The van der Waals surface area contributed by atoms with Gasteiger partial charge in [-0.1, -0.05) is 49.2 Å². The van der Waals surface area contributed by atoms with Gasteiger partial charge in [0.15, 0.2) is 0 Å². The summed E-state index contributed by atoms with van der Waals surface area (Å²) in [6.45, 7) is 1.17. The molecule has 0 radical (unpaired) electrons. The first-order valence-corrected chi connectivity index (χ1v) is 16.4. The Kier molecular flexibility index (Phi) is 11.5. The molecule has 5 rings (SSSR count). The summed E-state index contributed by atoms with van der Waals surface area (Å²) in [5.41, 5.74) is 2.93. The van der Waals surface area contributed by atoms with Crippen molar-refractivity contribution in [3.8, 4) is 5.75 Å². The first-order valence-electron chi connectivity index (χ1n) is 16.4. The van der Waals surface area contributed by atoms with E-state index in [9.17, 15) is 14.4 Å². The summed E-state index contributed by atoms with van der Waals surface area (Å²) in [6, 6.07) is 15.6. The third-order valence-electron chi connectivity index (χ3n) is 9.67. The van der Waals surface area contributed by atoms with Gasteiger partial charge in [-0.3, -0.25) is 14.4 Å². The van der Waals surface area contributed by atoms with E-state index in [2.05, 4.69) is 11.4 Å². The number of fused-ring (bicyclic) bond motifs is 1. The SMILES string of the molecule is COCCOCC(CC1(C(=O)N[C@H]2CC[C@@H](C(=O)Oc3ccc4c(c3)CCC4)CC2)CCCC1)C(=O)OCc1ccccc1. The molecule has 0 aliphatic heterocycles. The molecule has 2 aromatic rings. The number of methoxy groups -OCH3 is 1. The van der Waals surface area contributed by atoms with Crippen LogP contribution in [0.15, 0.2) is 48.5 Å². The van der Waals surface area contributed by atoms with Gasteiger partial charge in [-0.2, -0.15) is 0 Å². The Morgan fingerprint density at radius 3 is 2.41 bits per heavy atom. The zero-order chi connectivity index (χ0) is 30.8. The van der Waals surface area contributed by atoms with Gasteiger partial charge in [0.25, 0.3) is 0 Å². The lowest BCUT2D eigenvalue weighted by Crippen LogP contribution is -2.47. The highest BCUT2D eigenvalue weighted by atomic mass is 16.5. The van der Waals surface area contributed by atoms with E-state index in [0.29, 0.717) is 38.2 Å². The largest absolute Gasteiger partial charge is 0.461 e. The molecule has 0 aromatic heterocycles. The first kappa shape index (κ1) is 32.2.